The van der Waals surface area contributed by atoms with Crippen molar-refractivity contribution in [3.8, 4) is 0 Å². The van der Waals surface area contributed by atoms with Gasteiger partial charge in [-0.25, -0.2) is 0 Å². The molecule has 0 nitrogen and oxygen atoms in total. The standard InChI is InChI=1S/C15H17Br/c1-2-10-15(16)11-8-14(9-12-15)13-6-4-3-5-7-13/h3-9,11H,2,10,12H2,1H3. The molecule has 1 heteroatoms. The summed E-state index contributed by atoms with van der Waals surface area (Å²) >= 11 is 3.82. The van der Waals surface area contributed by atoms with E-state index in [0.717, 1.165) is 6.42 Å². The zero-order valence-corrected chi connectivity index (χ0v) is 11.2. The highest BCUT2D eigenvalue weighted by molar-refractivity contribution is 9.10. The predicted octanol–water partition coefficient (Wildman–Crippen LogP) is 4.96. The van der Waals surface area contributed by atoms with E-state index < -0.39 is 0 Å². The maximum atomic E-state index is 3.82. The van der Waals surface area contributed by atoms with Gasteiger partial charge in [0, 0.05) is 4.32 Å². The second kappa shape index (κ2) is 5.01. The van der Waals surface area contributed by atoms with Gasteiger partial charge in [0.05, 0.1) is 0 Å². The molecule has 0 saturated heterocycles. The summed E-state index contributed by atoms with van der Waals surface area (Å²) < 4.78 is 0.194. The third kappa shape index (κ3) is 2.65. The molecule has 0 aliphatic heterocycles. The predicted molar refractivity (Wildman–Crippen MR) is 74.7 cm³/mol. The molecule has 0 spiro atoms. The van der Waals surface area contributed by atoms with Gasteiger partial charge in [0.2, 0.25) is 0 Å². The summed E-state index contributed by atoms with van der Waals surface area (Å²) in [4.78, 5) is 0. The Balaban J connectivity index is 2.14. The zero-order valence-electron chi connectivity index (χ0n) is 9.62. The fraction of sp³-hybridized carbons (Fsp3) is 0.333. The van der Waals surface area contributed by atoms with Crippen LogP contribution in [0.3, 0.4) is 0 Å². The van der Waals surface area contributed by atoms with Gasteiger partial charge in [0.15, 0.2) is 0 Å². The van der Waals surface area contributed by atoms with E-state index in [9.17, 15) is 0 Å². The Kier molecular flexibility index (Phi) is 3.65. The van der Waals surface area contributed by atoms with Gasteiger partial charge in [0.25, 0.3) is 0 Å². The molecular formula is C15H17Br. The van der Waals surface area contributed by atoms with Gasteiger partial charge >= 0.3 is 0 Å². The van der Waals surface area contributed by atoms with Gasteiger partial charge < -0.3 is 0 Å². The van der Waals surface area contributed by atoms with Crippen molar-refractivity contribution in [2.24, 2.45) is 0 Å². The van der Waals surface area contributed by atoms with Crippen molar-refractivity contribution in [1.29, 1.82) is 0 Å². The molecule has 1 unspecified atom stereocenters. The molecule has 1 aliphatic carbocycles. The number of benzene rings is 1. The summed E-state index contributed by atoms with van der Waals surface area (Å²) in [5.41, 5.74) is 2.65. The van der Waals surface area contributed by atoms with Gasteiger partial charge in [-0.15, -0.1) is 0 Å². The number of halogens is 1. The summed E-state index contributed by atoms with van der Waals surface area (Å²) in [6.07, 6.45) is 10.4. The average molecular weight is 277 g/mol. The van der Waals surface area contributed by atoms with Crippen molar-refractivity contribution < 1.29 is 0 Å². The molecule has 84 valence electrons. The highest BCUT2D eigenvalue weighted by Gasteiger charge is 2.23. The van der Waals surface area contributed by atoms with Crippen LogP contribution in [0.1, 0.15) is 31.7 Å². The Hall–Kier alpha value is -0.820. The van der Waals surface area contributed by atoms with Crippen LogP contribution in [0.5, 0.6) is 0 Å². The normalized spacial score (nSPS) is 24.2. The first-order valence-electron chi connectivity index (χ1n) is 5.87. The molecule has 1 aromatic rings. The Labute approximate surface area is 106 Å². The minimum Gasteiger partial charge on any atom is -0.0804 e. The molecule has 2 rings (SSSR count). The Bertz CT molecular complexity index is 403. The third-order valence-electron chi connectivity index (χ3n) is 3.00. The Morgan fingerprint density at radius 2 is 2.00 bits per heavy atom. The molecule has 0 radical (unpaired) electrons. The van der Waals surface area contributed by atoms with E-state index in [1.165, 1.54) is 24.0 Å². The van der Waals surface area contributed by atoms with Gasteiger partial charge in [-0.1, -0.05) is 77.8 Å². The van der Waals surface area contributed by atoms with Crippen molar-refractivity contribution in [2.75, 3.05) is 0 Å². The Morgan fingerprint density at radius 1 is 1.25 bits per heavy atom. The van der Waals surface area contributed by atoms with Gasteiger partial charge in [-0.2, -0.15) is 0 Å². The molecule has 1 atom stereocenters. The summed E-state index contributed by atoms with van der Waals surface area (Å²) in [5, 5.41) is 0. The monoisotopic (exact) mass is 276 g/mol. The zero-order chi connectivity index (χ0) is 11.4. The molecule has 0 amide bonds. The third-order valence-corrected chi connectivity index (χ3v) is 3.98. The summed E-state index contributed by atoms with van der Waals surface area (Å²) in [7, 11) is 0. The lowest BCUT2D eigenvalue weighted by atomic mass is 9.90. The van der Waals surface area contributed by atoms with Crippen LogP contribution in [0.15, 0.2) is 48.6 Å². The largest absolute Gasteiger partial charge is 0.0804 e. The molecule has 0 heterocycles. The lowest BCUT2D eigenvalue weighted by Gasteiger charge is -2.25. The Morgan fingerprint density at radius 3 is 2.56 bits per heavy atom. The second-order valence-corrected chi connectivity index (χ2v) is 5.93. The van der Waals surface area contributed by atoms with Crippen LogP contribution in [0.25, 0.3) is 5.57 Å². The fourth-order valence-corrected chi connectivity index (χ4v) is 2.79. The lowest BCUT2D eigenvalue weighted by Crippen LogP contribution is -2.18. The number of hydrogen-bond donors (Lipinski definition) is 0. The molecule has 1 aromatic carbocycles. The number of hydrogen-bond acceptors (Lipinski definition) is 0. The first-order valence-corrected chi connectivity index (χ1v) is 6.66. The maximum absolute atomic E-state index is 3.82. The molecule has 1 aliphatic rings. The van der Waals surface area contributed by atoms with E-state index in [1.54, 1.807) is 0 Å². The highest BCUT2D eigenvalue weighted by Crippen LogP contribution is 2.36. The summed E-state index contributed by atoms with van der Waals surface area (Å²) in [5.74, 6) is 0. The minimum absolute atomic E-state index is 0.194. The molecular weight excluding hydrogens is 260 g/mol. The van der Waals surface area contributed by atoms with Crippen LogP contribution in [-0.2, 0) is 0 Å². The fourth-order valence-electron chi connectivity index (χ4n) is 2.10. The summed E-state index contributed by atoms with van der Waals surface area (Å²) in [6, 6.07) is 10.6. The smallest absolute Gasteiger partial charge is 0.0474 e. The molecule has 16 heavy (non-hydrogen) atoms. The van der Waals surface area contributed by atoms with Crippen molar-refractivity contribution in [3.63, 3.8) is 0 Å². The quantitative estimate of drug-likeness (QED) is 0.685. The van der Waals surface area contributed by atoms with Crippen molar-refractivity contribution in [3.05, 3.63) is 54.1 Å². The number of allylic oxidation sites excluding steroid dienone is 4. The minimum atomic E-state index is 0.194. The SMILES string of the molecule is CCCC1(Br)C=CC(c2ccccc2)=CC1. The highest BCUT2D eigenvalue weighted by atomic mass is 79.9. The second-order valence-electron chi connectivity index (χ2n) is 4.35. The van der Waals surface area contributed by atoms with E-state index in [-0.39, 0.29) is 4.32 Å². The van der Waals surface area contributed by atoms with Gasteiger partial charge in [-0.05, 0) is 24.0 Å². The van der Waals surface area contributed by atoms with E-state index in [0.29, 0.717) is 0 Å². The van der Waals surface area contributed by atoms with Gasteiger partial charge in [-0.3, -0.25) is 0 Å². The van der Waals surface area contributed by atoms with E-state index >= 15 is 0 Å². The van der Waals surface area contributed by atoms with E-state index in [1.807, 2.05) is 0 Å². The number of alkyl halides is 1. The van der Waals surface area contributed by atoms with Crippen LogP contribution in [0.4, 0.5) is 0 Å². The van der Waals surface area contributed by atoms with Crippen LogP contribution in [0.2, 0.25) is 0 Å². The molecule has 0 bridgehead atoms. The van der Waals surface area contributed by atoms with Crippen LogP contribution >= 0.6 is 15.9 Å². The van der Waals surface area contributed by atoms with Crippen LogP contribution < -0.4 is 0 Å². The first-order chi connectivity index (χ1) is 7.73. The van der Waals surface area contributed by atoms with E-state index in [4.69, 9.17) is 0 Å². The van der Waals surface area contributed by atoms with Crippen LogP contribution in [-0.4, -0.2) is 4.32 Å². The molecule has 0 N–H and O–H groups in total. The van der Waals surface area contributed by atoms with Crippen LogP contribution in [0, 0.1) is 0 Å². The molecule has 0 fully saturated rings. The van der Waals surface area contributed by atoms with Crippen molar-refractivity contribution in [2.45, 2.75) is 30.5 Å². The topological polar surface area (TPSA) is 0 Å². The maximum Gasteiger partial charge on any atom is 0.0474 e. The van der Waals surface area contributed by atoms with Gasteiger partial charge in [0.1, 0.15) is 0 Å². The lowest BCUT2D eigenvalue weighted by molar-refractivity contribution is 0.645. The van der Waals surface area contributed by atoms with E-state index in [2.05, 4.69) is 71.4 Å². The molecule has 0 saturated carbocycles. The van der Waals surface area contributed by atoms with Crippen molar-refractivity contribution in [1.82, 2.24) is 0 Å². The first kappa shape index (κ1) is 11.7. The van der Waals surface area contributed by atoms with Crippen molar-refractivity contribution >= 4 is 21.5 Å². The average Bonchev–Trinajstić information content (AvgIpc) is 2.31. The summed E-state index contributed by atoms with van der Waals surface area (Å²) in [6.45, 7) is 2.23. The number of rotatable bonds is 3. The molecule has 0 aromatic heterocycles.